The molecule has 0 heterocycles. The van der Waals surface area contributed by atoms with Crippen LogP contribution in [-0.4, -0.2) is 6.61 Å². The van der Waals surface area contributed by atoms with Gasteiger partial charge < -0.3 is 4.74 Å². The van der Waals surface area contributed by atoms with Crippen molar-refractivity contribution in [3.05, 3.63) is 29.6 Å². The molecule has 0 aliphatic heterocycles. The minimum Gasteiger partial charge on any atom is -0.481 e. The predicted octanol–water partition coefficient (Wildman–Crippen LogP) is 2.15. The van der Waals surface area contributed by atoms with Crippen molar-refractivity contribution in [3.8, 4) is 18.1 Å². The monoisotopic (exact) mass is 164 g/mol. The molecule has 1 aromatic carbocycles. The molecule has 0 amide bonds. The van der Waals surface area contributed by atoms with Crippen LogP contribution in [0.3, 0.4) is 0 Å². The lowest BCUT2D eigenvalue weighted by atomic mass is 10.2. The average Bonchev–Trinajstić information content (AvgIpc) is 2.03. The van der Waals surface area contributed by atoms with Crippen LogP contribution in [0, 0.1) is 25.1 Å². The fourth-order valence-electron chi connectivity index (χ4n) is 0.894. The van der Waals surface area contributed by atoms with Gasteiger partial charge in [-0.25, -0.2) is 4.39 Å². The zero-order valence-corrected chi connectivity index (χ0v) is 6.80. The van der Waals surface area contributed by atoms with E-state index >= 15 is 0 Å². The van der Waals surface area contributed by atoms with E-state index in [-0.39, 0.29) is 12.4 Å². The molecule has 0 atom stereocenters. The SMILES string of the molecule is C#CCOc1ccc(F)cc1C. The lowest BCUT2D eigenvalue weighted by molar-refractivity contribution is 0.367. The van der Waals surface area contributed by atoms with Crippen LogP contribution in [-0.2, 0) is 0 Å². The largest absolute Gasteiger partial charge is 0.481 e. The Morgan fingerprint density at radius 2 is 2.33 bits per heavy atom. The summed E-state index contributed by atoms with van der Waals surface area (Å²) in [5.41, 5.74) is 0.755. The van der Waals surface area contributed by atoms with Gasteiger partial charge in [0.2, 0.25) is 0 Å². The number of hydrogen-bond acceptors (Lipinski definition) is 1. The topological polar surface area (TPSA) is 9.23 Å². The van der Waals surface area contributed by atoms with E-state index in [0.717, 1.165) is 5.56 Å². The number of aryl methyl sites for hydroxylation is 1. The van der Waals surface area contributed by atoms with Crippen LogP contribution in [0.4, 0.5) is 4.39 Å². The van der Waals surface area contributed by atoms with Gasteiger partial charge in [-0.05, 0) is 30.7 Å². The Hall–Kier alpha value is -1.49. The molecule has 0 radical (unpaired) electrons. The highest BCUT2D eigenvalue weighted by atomic mass is 19.1. The molecule has 62 valence electrons. The molecule has 1 aromatic rings. The highest BCUT2D eigenvalue weighted by Gasteiger charge is 1.98. The van der Waals surface area contributed by atoms with Gasteiger partial charge in [0.25, 0.3) is 0 Å². The van der Waals surface area contributed by atoms with Gasteiger partial charge in [-0.2, -0.15) is 0 Å². The number of ether oxygens (including phenoxy) is 1. The first-order valence-corrected chi connectivity index (χ1v) is 3.56. The Morgan fingerprint density at radius 3 is 2.92 bits per heavy atom. The van der Waals surface area contributed by atoms with Gasteiger partial charge in [-0.1, -0.05) is 5.92 Å². The van der Waals surface area contributed by atoms with Crippen molar-refractivity contribution in [2.24, 2.45) is 0 Å². The minimum absolute atomic E-state index is 0.215. The molecular weight excluding hydrogens is 155 g/mol. The molecule has 0 aliphatic rings. The van der Waals surface area contributed by atoms with Crippen LogP contribution in [0.2, 0.25) is 0 Å². The summed E-state index contributed by atoms with van der Waals surface area (Å²) in [7, 11) is 0. The molecule has 0 aliphatic carbocycles. The molecule has 0 unspecified atom stereocenters. The molecule has 12 heavy (non-hydrogen) atoms. The third-order valence-corrected chi connectivity index (χ3v) is 1.45. The Kier molecular flexibility index (Phi) is 2.71. The van der Waals surface area contributed by atoms with Crippen molar-refractivity contribution in [2.45, 2.75) is 6.92 Å². The summed E-state index contributed by atoms with van der Waals surface area (Å²) in [4.78, 5) is 0. The molecule has 0 spiro atoms. The first kappa shape index (κ1) is 8.61. The van der Waals surface area contributed by atoms with Crippen LogP contribution in [0.5, 0.6) is 5.75 Å². The molecule has 0 saturated carbocycles. The van der Waals surface area contributed by atoms with Crippen molar-refractivity contribution >= 4 is 0 Å². The van der Waals surface area contributed by atoms with E-state index in [4.69, 9.17) is 11.2 Å². The Morgan fingerprint density at radius 1 is 1.58 bits per heavy atom. The minimum atomic E-state index is -0.263. The van der Waals surface area contributed by atoms with Crippen LogP contribution < -0.4 is 4.74 Å². The van der Waals surface area contributed by atoms with Crippen molar-refractivity contribution in [1.82, 2.24) is 0 Å². The Labute approximate surface area is 71.2 Å². The number of hydrogen-bond donors (Lipinski definition) is 0. The third kappa shape index (κ3) is 2.00. The zero-order valence-electron chi connectivity index (χ0n) is 6.80. The molecular formula is C10H9FO. The molecule has 0 saturated heterocycles. The second kappa shape index (κ2) is 3.77. The van der Waals surface area contributed by atoms with E-state index in [9.17, 15) is 4.39 Å². The first-order valence-electron chi connectivity index (χ1n) is 3.56. The normalized spacial score (nSPS) is 9.08. The van der Waals surface area contributed by atoms with Crippen molar-refractivity contribution in [1.29, 1.82) is 0 Å². The zero-order chi connectivity index (χ0) is 8.97. The second-order valence-corrected chi connectivity index (χ2v) is 2.40. The van der Waals surface area contributed by atoms with Gasteiger partial charge in [0.1, 0.15) is 18.2 Å². The highest BCUT2D eigenvalue weighted by molar-refractivity contribution is 5.32. The van der Waals surface area contributed by atoms with Crippen molar-refractivity contribution in [3.63, 3.8) is 0 Å². The van der Waals surface area contributed by atoms with Crippen molar-refractivity contribution in [2.75, 3.05) is 6.61 Å². The Bertz CT molecular complexity index is 312. The smallest absolute Gasteiger partial charge is 0.148 e. The van der Waals surface area contributed by atoms with E-state index in [1.165, 1.54) is 12.1 Å². The number of rotatable bonds is 2. The number of terminal acetylenes is 1. The van der Waals surface area contributed by atoms with Gasteiger partial charge in [0.05, 0.1) is 0 Å². The summed E-state index contributed by atoms with van der Waals surface area (Å²) < 4.78 is 17.7. The third-order valence-electron chi connectivity index (χ3n) is 1.45. The van der Waals surface area contributed by atoms with Gasteiger partial charge in [-0.3, -0.25) is 0 Å². The summed E-state index contributed by atoms with van der Waals surface area (Å²) in [6.45, 7) is 1.99. The number of benzene rings is 1. The van der Waals surface area contributed by atoms with Crippen LogP contribution in [0.25, 0.3) is 0 Å². The first-order chi connectivity index (χ1) is 5.74. The summed E-state index contributed by atoms with van der Waals surface area (Å²) in [5.74, 6) is 2.71. The van der Waals surface area contributed by atoms with E-state index in [2.05, 4.69) is 5.92 Å². The maximum absolute atomic E-state index is 12.6. The summed E-state index contributed by atoms with van der Waals surface area (Å²) >= 11 is 0. The Balaban J connectivity index is 2.81. The lowest BCUT2D eigenvalue weighted by Gasteiger charge is -2.04. The quantitative estimate of drug-likeness (QED) is 0.608. The van der Waals surface area contributed by atoms with Gasteiger partial charge >= 0.3 is 0 Å². The molecule has 1 rings (SSSR count). The molecule has 1 nitrogen and oxygen atoms in total. The number of halogens is 1. The standard InChI is InChI=1S/C10H9FO/c1-3-6-12-10-5-4-9(11)7-8(10)2/h1,4-5,7H,6H2,2H3. The van der Waals surface area contributed by atoms with Gasteiger partial charge in [0, 0.05) is 0 Å². The molecule has 0 N–H and O–H groups in total. The van der Waals surface area contributed by atoms with Gasteiger partial charge in [0.15, 0.2) is 0 Å². The summed E-state index contributed by atoms with van der Waals surface area (Å²) in [6.07, 6.45) is 5.01. The maximum Gasteiger partial charge on any atom is 0.148 e. The van der Waals surface area contributed by atoms with Gasteiger partial charge in [-0.15, -0.1) is 6.42 Å². The van der Waals surface area contributed by atoms with E-state index in [1.807, 2.05) is 0 Å². The molecule has 0 bridgehead atoms. The van der Waals surface area contributed by atoms with E-state index < -0.39 is 0 Å². The average molecular weight is 164 g/mol. The predicted molar refractivity (Wildman–Crippen MR) is 45.5 cm³/mol. The molecule has 0 aromatic heterocycles. The van der Waals surface area contributed by atoms with E-state index in [0.29, 0.717) is 5.75 Å². The maximum atomic E-state index is 12.6. The van der Waals surface area contributed by atoms with Crippen LogP contribution in [0.15, 0.2) is 18.2 Å². The second-order valence-electron chi connectivity index (χ2n) is 2.40. The fourth-order valence-corrected chi connectivity index (χ4v) is 0.894. The molecule has 0 fully saturated rings. The van der Waals surface area contributed by atoms with E-state index in [1.54, 1.807) is 13.0 Å². The highest BCUT2D eigenvalue weighted by Crippen LogP contribution is 2.17. The molecule has 2 heteroatoms. The van der Waals surface area contributed by atoms with Crippen LogP contribution >= 0.6 is 0 Å². The fraction of sp³-hybridized carbons (Fsp3) is 0.200. The summed E-state index contributed by atoms with van der Waals surface area (Å²) in [6, 6.07) is 4.33. The van der Waals surface area contributed by atoms with Crippen LogP contribution in [0.1, 0.15) is 5.56 Å². The lowest BCUT2D eigenvalue weighted by Crippen LogP contribution is -1.95. The summed E-state index contributed by atoms with van der Waals surface area (Å²) in [5, 5.41) is 0. The van der Waals surface area contributed by atoms with Crippen molar-refractivity contribution < 1.29 is 9.13 Å².